The number of Topliss-reactive ketones (excluding diaryl/α,β-unsaturated/α-hetero) is 1. The van der Waals surface area contributed by atoms with Gasteiger partial charge in [-0.25, -0.2) is 0 Å². The molecule has 0 heterocycles. The van der Waals surface area contributed by atoms with E-state index < -0.39 is 0 Å². The number of aryl methyl sites for hydroxylation is 1. The zero-order valence-corrected chi connectivity index (χ0v) is 10.7. The second-order valence-electron chi connectivity index (χ2n) is 4.63. The van der Waals surface area contributed by atoms with E-state index in [2.05, 4.69) is 12.1 Å². The van der Waals surface area contributed by atoms with Crippen LogP contribution in [0.15, 0.2) is 48.5 Å². The molecule has 0 aliphatic heterocycles. The van der Waals surface area contributed by atoms with Gasteiger partial charge in [0, 0.05) is 11.5 Å². The Kier molecular flexibility index (Phi) is 2.92. The average Bonchev–Trinajstić information content (AvgIpc) is 2.82. The molecule has 0 saturated heterocycles. The van der Waals surface area contributed by atoms with Crippen molar-refractivity contribution in [1.29, 1.82) is 0 Å². The maximum Gasteiger partial charge on any atom is 0.171 e. The molecule has 18 heavy (non-hydrogen) atoms. The third-order valence-electron chi connectivity index (χ3n) is 3.59. The summed E-state index contributed by atoms with van der Waals surface area (Å²) in [5.41, 5.74) is 3.10. The van der Waals surface area contributed by atoms with Crippen molar-refractivity contribution in [2.24, 2.45) is 0 Å². The highest BCUT2D eigenvalue weighted by molar-refractivity contribution is 6.34. The summed E-state index contributed by atoms with van der Waals surface area (Å²) >= 11 is 6.10. The molecule has 2 aromatic rings. The van der Waals surface area contributed by atoms with Crippen LogP contribution in [0.5, 0.6) is 0 Å². The molecule has 0 bridgehead atoms. The summed E-state index contributed by atoms with van der Waals surface area (Å²) in [6.45, 7) is 0. The molecule has 1 atom stereocenters. The lowest BCUT2D eigenvalue weighted by atomic mass is 9.92. The number of carbonyl (C=O) groups is 1. The van der Waals surface area contributed by atoms with Crippen molar-refractivity contribution in [3.8, 4) is 0 Å². The van der Waals surface area contributed by atoms with E-state index in [4.69, 9.17) is 11.6 Å². The molecule has 0 aromatic heterocycles. The number of rotatable bonds is 2. The van der Waals surface area contributed by atoms with Gasteiger partial charge < -0.3 is 0 Å². The molecule has 1 nitrogen and oxygen atoms in total. The lowest BCUT2D eigenvalue weighted by Crippen LogP contribution is -2.10. The molecule has 3 rings (SSSR count). The maximum absolute atomic E-state index is 12.5. The molecule has 1 aliphatic rings. The van der Waals surface area contributed by atoms with Gasteiger partial charge in [-0.05, 0) is 36.1 Å². The van der Waals surface area contributed by atoms with Crippen molar-refractivity contribution >= 4 is 17.4 Å². The molecule has 0 radical (unpaired) electrons. The van der Waals surface area contributed by atoms with Crippen molar-refractivity contribution in [2.75, 3.05) is 0 Å². The van der Waals surface area contributed by atoms with Crippen LogP contribution in [0.3, 0.4) is 0 Å². The molecule has 0 N–H and O–H groups in total. The van der Waals surface area contributed by atoms with Crippen molar-refractivity contribution in [3.05, 3.63) is 70.2 Å². The molecule has 1 unspecified atom stereocenters. The summed E-state index contributed by atoms with van der Waals surface area (Å²) in [5.74, 6) is 0.117. The van der Waals surface area contributed by atoms with E-state index >= 15 is 0 Å². The Labute approximate surface area is 111 Å². The van der Waals surface area contributed by atoms with E-state index in [0.29, 0.717) is 10.6 Å². The van der Waals surface area contributed by atoms with Crippen LogP contribution in [0.2, 0.25) is 5.02 Å². The zero-order valence-electron chi connectivity index (χ0n) is 9.90. The van der Waals surface area contributed by atoms with Crippen molar-refractivity contribution in [3.63, 3.8) is 0 Å². The lowest BCUT2D eigenvalue weighted by molar-refractivity contribution is 0.0960. The van der Waals surface area contributed by atoms with Gasteiger partial charge in [-0.15, -0.1) is 0 Å². The molecular formula is C16H13ClO. The van der Waals surface area contributed by atoms with Gasteiger partial charge in [0.1, 0.15) is 0 Å². The van der Waals surface area contributed by atoms with Crippen LogP contribution in [-0.4, -0.2) is 5.78 Å². The van der Waals surface area contributed by atoms with Gasteiger partial charge in [-0.3, -0.25) is 4.79 Å². The first-order chi connectivity index (χ1) is 8.77. The van der Waals surface area contributed by atoms with Gasteiger partial charge in [0.25, 0.3) is 0 Å². The maximum atomic E-state index is 12.5. The molecule has 0 saturated carbocycles. The van der Waals surface area contributed by atoms with Gasteiger partial charge in [-0.1, -0.05) is 48.0 Å². The Bertz CT molecular complexity index is 604. The number of benzene rings is 2. The second kappa shape index (κ2) is 4.58. The summed E-state index contributed by atoms with van der Waals surface area (Å²) < 4.78 is 0. The fraction of sp³-hybridized carbons (Fsp3) is 0.188. The Balaban J connectivity index is 1.99. The minimum absolute atomic E-state index is 0.0268. The zero-order chi connectivity index (χ0) is 12.5. The molecule has 90 valence electrons. The summed E-state index contributed by atoms with van der Waals surface area (Å²) in [4.78, 5) is 12.5. The minimum atomic E-state index is -0.0268. The van der Waals surface area contributed by atoms with Gasteiger partial charge in [0.2, 0.25) is 0 Å². The molecule has 1 aliphatic carbocycles. The Morgan fingerprint density at radius 2 is 1.78 bits per heavy atom. The van der Waals surface area contributed by atoms with E-state index in [1.54, 1.807) is 6.07 Å². The highest BCUT2D eigenvalue weighted by atomic mass is 35.5. The summed E-state index contributed by atoms with van der Waals surface area (Å²) in [5, 5.41) is 0.548. The standard InChI is InChI=1S/C16H13ClO/c17-15-8-4-3-7-14(15)16(18)13-10-9-11-5-1-2-6-12(11)13/h1-8,13H,9-10H2. The SMILES string of the molecule is O=C(c1ccccc1Cl)C1CCc2ccccc21. The van der Waals surface area contributed by atoms with Crippen LogP contribution < -0.4 is 0 Å². The topological polar surface area (TPSA) is 17.1 Å². The number of hydrogen-bond donors (Lipinski definition) is 0. The minimum Gasteiger partial charge on any atom is -0.293 e. The van der Waals surface area contributed by atoms with E-state index in [1.165, 1.54) is 11.1 Å². The summed E-state index contributed by atoms with van der Waals surface area (Å²) in [6.07, 6.45) is 1.88. The summed E-state index contributed by atoms with van der Waals surface area (Å²) in [6, 6.07) is 15.5. The van der Waals surface area contributed by atoms with E-state index in [-0.39, 0.29) is 11.7 Å². The number of fused-ring (bicyclic) bond motifs is 1. The first kappa shape index (κ1) is 11.5. The smallest absolute Gasteiger partial charge is 0.171 e. The van der Waals surface area contributed by atoms with Gasteiger partial charge in [-0.2, -0.15) is 0 Å². The highest BCUT2D eigenvalue weighted by Gasteiger charge is 2.29. The predicted octanol–water partition coefficient (Wildman–Crippen LogP) is 4.25. The number of ketones is 1. The van der Waals surface area contributed by atoms with Crippen molar-refractivity contribution in [1.82, 2.24) is 0 Å². The Morgan fingerprint density at radius 1 is 1.06 bits per heavy atom. The number of carbonyl (C=O) groups excluding carboxylic acids is 1. The molecular weight excluding hydrogens is 244 g/mol. The number of halogens is 1. The average molecular weight is 257 g/mol. The Morgan fingerprint density at radius 3 is 2.61 bits per heavy atom. The Hall–Kier alpha value is -1.60. The van der Waals surface area contributed by atoms with Crippen LogP contribution >= 0.6 is 11.6 Å². The molecule has 0 fully saturated rings. The van der Waals surface area contributed by atoms with E-state index in [0.717, 1.165) is 12.8 Å². The monoisotopic (exact) mass is 256 g/mol. The number of hydrogen-bond acceptors (Lipinski definition) is 1. The summed E-state index contributed by atoms with van der Waals surface area (Å²) in [7, 11) is 0. The van der Waals surface area contributed by atoms with Gasteiger partial charge >= 0.3 is 0 Å². The van der Waals surface area contributed by atoms with Crippen LogP contribution in [0, 0.1) is 0 Å². The lowest BCUT2D eigenvalue weighted by Gasteiger charge is -2.11. The third kappa shape index (κ3) is 1.85. The normalized spacial score (nSPS) is 17.5. The second-order valence-corrected chi connectivity index (χ2v) is 5.04. The van der Waals surface area contributed by atoms with Crippen LogP contribution in [0.1, 0.15) is 33.8 Å². The third-order valence-corrected chi connectivity index (χ3v) is 3.92. The van der Waals surface area contributed by atoms with Crippen molar-refractivity contribution in [2.45, 2.75) is 18.8 Å². The van der Waals surface area contributed by atoms with Crippen LogP contribution in [0.25, 0.3) is 0 Å². The van der Waals surface area contributed by atoms with Gasteiger partial charge in [0.15, 0.2) is 5.78 Å². The molecule has 2 aromatic carbocycles. The molecule has 0 amide bonds. The quantitative estimate of drug-likeness (QED) is 0.734. The van der Waals surface area contributed by atoms with Crippen molar-refractivity contribution < 1.29 is 4.79 Å². The predicted molar refractivity (Wildman–Crippen MR) is 73.3 cm³/mol. The van der Waals surface area contributed by atoms with Gasteiger partial charge in [0.05, 0.1) is 5.02 Å². The van der Waals surface area contributed by atoms with Crippen LogP contribution in [-0.2, 0) is 6.42 Å². The molecule has 2 heteroatoms. The highest BCUT2D eigenvalue weighted by Crippen LogP contribution is 2.36. The first-order valence-electron chi connectivity index (χ1n) is 6.14. The molecule has 0 spiro atoms. The largest absolute Gasteiger partial charge is 0.293 e. The fourth-order valence-electron chi connectivity index (χ4n) is 2.68. The van der Waals surface area contributed by atoms with E-state index in [1.807, 2.05) is 30.3 Å². The van der Waals surface area contributed by atoms with E-state index in [9.17, 15) is 4.79 Å². The fourth-order valence-corrected chi connectivity index (χ4v) is 2.91. The first-order valence-corrected chi connectivity index (χ1v) is 6.51. The van der Waals surface area contributed by atoms with Crippen LogP contribution in [0.4, 0.5) is 0 Å².